The number of nitrogens with zero attached hydrogens (tertiary/aromatic N) is 1. The van der Waals surface area contributed by atoms with Gasteiger partial charge in [0.2, 0.25) is 0 Å². The first-order chi connectivity index (χ1) is 10.9. The van der Waals surface area contributed by atoms with Gasteiger partial charge >= 0.3 is 0 Å². The maximum Gasteiger partial charge on any atom is 0.294 e. The van der Waals surface area contributed by atoms with Crippen molar-refractivity contribution >= 4 is 38.5 Å². The minimum Gasteiger partial charge on any atom is -0.398 e. The molecule has 0 aromatic heterocycles. The molecule has 0 amide bonds. The minimum absolute atomic E-state index is 0.188. The molecule has 0 saturated heterocycles. The van der Waals surface area contributed by atoms with E-state index in [4.69, 9.17) is 5.73 Å². The molecule has 3 aromatic rings. The lowest BCUT2D eigenvalue weighted by molar-refractivity contribution is 0.483. The standard InChI is InChI=1S/C17H14N2O3S/c18-16-8-9-17(19-11-12-4-2-1-3-5-12)15-10-13(23(20,21)22)6-7-14(15)16/h1-11H,18H2,(H,20,21,22). The molecule has 0 unspecified atom stereocenters. The van der Waals surface area contributed by atoms with Gasteiger partial charge in [-0.2, -0.15) is 8.42 Å². The number of nitrogen functional groups attached to an aromatic ring is 1. The van der Waals surface area contributed by atoms with E-state index in [9.17, 15) is 13.0 Å². The number of benzene rings is 3. The van der Waals surface area contributed by atoms with Crippen LogP contribution in [0.25, 0.3) is 10.8 Å². The van der Waals surface area contributed by atoms with E-state index in [1.165, 1.54) is 12.1 Å². The van der Waals surface area contributed by atoms with Crippen LogP contribution in [0.5, 0.6) is 0 Å². The van der Waals surface area contributed by atoms with Gasteiger partial charge in [0.15, 0.2) is 0 Å². The average molecular weight is 326 g/mol. The Kier molecular flexibility index (Phi) is 3.85. The summed E-state index contributed by atoms with van der Waals surface area (Å²) in [6.45, 7) is 0. The smallest absolute Gasteiger partial charge is 0.294 e. The van der Waals surface area contributed by atoms with Gasteiger partial charge in [0.05, 0.1) is 10.6 Å². The molecule has 0 bridgehead atoms. The van der Waals surface area contributed by atoms with Crippen molar-refractivity contribution < 1.29 is 13.0 Å². The zero-order valence-corrected chi connectivity index (χ0v) is 12.9. The molecule has 0 radical (unpaired) electrons. The van der Waals surface area contributed by atoms with E-state index in [2.05, 4.69) is 4.99 Å². The second kappa shape index (κ2) is 5.83. The lowest BCUT2D eigenvalue weighted by Gasteiger charge is -2.07. The van der Waals surface area contributed by atoms with Gasteiger partial charge in [-0.15, -0.1) is 0 Å². The first kappa shape index (κ1) is 15.2. The van der Waals surface area contributed by atoms with Crippen molar-refractivity contribution in [1.82, 2.24) is 0 Å². The summed E-state index contributed by atoms with van der Waals surface area (Å²) in [5.74, 6) is 0. The fourth-order valence-corrected chi connectivity index (χ4v) is 2.80. The maximum absolute atomic E-state index is 11.3. The predicted molar refractivity (Wildman–Crippen MR) is 91.9 cm³/mol. The Morgan fingerprint density at radius 1 is 0.957 bits per heavy atom. The molecule has 0 aliphatic heterocycles. The SMILES string of the molecule is Nc1ccc(N=Cc2ccccc2)c2cc(S(=O)(=O)O)ccc12. The van der Waals surface area contributed by atoms with Gasteiger partial charge in [0, 0.05) is 22.7 Å². The Morgan fingerprint density at radius 3 is 2.39 bits per heavy atom. The van der Waals surface area contributed by atoms with Crippen molar-refractivity contribution in [2.75, 3.05) is 5.73 Å². The fourth-order valence-electron chi connectivity index (χ4n) is 2.29. The van der Waals surface area contributed by atoms with Crippen molar-refractivity contribution in [3.05, 3.63) is 66.2 Å². The third-order valence-electron chi connectivity index (χ3n) is 3.45. The van der Waals surface area contributed by atoms with Gasteiger partial charge in [0.1, 0.15) is 0 Å². The predicted octanol–water partition coefficient (Wildman–Crippen LogP) is 3.42. The Bertz CT molecular complexity index is 997. The third kappa shape index (κ3) is 3.23. The monoisotopic (exact) mass is 326 g/mol. The second-order valence-corrected chi connectivity index (χ2v) is 6.45. The van der Waals surface area contributed by atoms with Crippen LogP contribution in [0.4, 0.5) is 11.4 Å². The molecule has 0 saturated carbocycles. The Labute approximate surface area is 133 Å². The van der Waals surface area contributed by atoms with Crippen LogP contribution in [0.3, 0.4) is 0 Å². The molecule has 0 aliphatic carbocycles. The van der Waals surface area contributed by atoms with Crippen LogP contribution in [-0.2, 0) is 10.1 Å². The van der Waals surface area contributed by atoms with Gasteiger partial charge in [0.25, 0.3) is 10.1 Å². The summed E-state index contributed by atoms with van der Waals surface area (Å²) in [5.41, 5.74) is 7.93. The summed E-state index contributed by atoms with van der Waals surface area (Å²) >= 11 is 0. The molecular formula is C17H14N2O3S. The number of hydrogen-bond donors (Lipinski definition) is 2. The summed E-state index contributed by atoms with van der Waals surface area (Å²) in [5, 5.41) is 1.24. The lowest BCUT2D eigenvalue weighted by atomic mass is 10.1. The van der Waals surface area contributed by atoms with Crippen molar-refractivity contribution in [3.63, 3.8) is 0 Å². The molecule has 3 aromatic carbocycles. The molecule has 23 heavy (non-hydrogen) atoms. The number of anilines is 1. The highest BCUT2D eigenvalue weighted by Crippen LogP contribution is 2.32. The van der Waals surface area contributed by atoms with E-state index in [0.717, 1.165) is 5.56 Å². The molecule has 3 N–H and O–H groups in total. The zero-order chi connectivity index (χ0) is 16.4. The quantitative estimate of drug-likeness (QED) is 0.438. The topological polar surface area (TPSA) is 92.8 Å². The first-order valence-electron chi connectivity index (χ1n) is 6.84. The highest BCUT2D eigenvalue weighted by molar-refractivity contribution is 7.85. The molecule has 6 heteroatoms. The summed E-state index contributed by atoms with van der Waals surface area (Å²) in [4.78, 5) is 4.22. The van der Waals surface area contributed by atoms with Crippen LogP contribution in [0, 0.1) is 0 Å². The molecule has 0 aliphatic rings. The van der Waals surface area contributed by atoms with E-state index >= 15 is 0 Å². The van der Waals surface area contributed by atoms with E-state index in [0.29, 0.717) is 22.1 Å². The first-order valence-corrected chi connectivity index (χ1v) is 8.28. The molecule has 0 atom stereocenters. The fraction of sp³-hybridized carbons (Fsp3) is 0. The molecule has 0 fully saturated rings. The minimum atomic E-state index is -4.28. The van der Waals surface area contributed by atoms with E-state index in [-0.39, 0.29) is 4.90 Å². The van der Waals surface area contributed by atoms with Crippen LogP contribution in [0.15, 0.2) is 70.6 Å². The summed E-state index contributed by atoms with van der Waals surface area (Å²) in [6, 6.07) is 17.2. The van der Waals surface area contributed by atoms with E-state index < -0.39 is 10.1 Å². The van der Waals surface area contributed by atoms with Crippen LogP contribution in [-0.4, -0.2) is 19.2 Å². The highest BCUT2D eigenvalue weighted by Gasteiger charge is 2.12. The molecule has 116 valence electrons. The summed E-state index contributed by atoms with van der Waals surface area (Å²) in [7, 11) is -4.28. The van der Waals surface area contributed by atoms with Gasteiger partial charge in [-0.05, 0) is 29.8 Å². The lowest BCUT2D eigenvalue weighted by Crippen LogP contribution is -1.98. The summed E-state index contributed by atoms with van der Waals surface area (Å²) < 4.78 is 31.9. The van der Waals surface area contributed by atoms with Crippen molar-refractivity contribution in [2.24, 2.45) is 4.99 Å². The van der Waals surface area contributed by atoms with Crippen LogP contribution < -0.4 is 5.73 Å². The zero-order valence-electron chi connectivity index (χ0n) is 12.0. The Morgan fingerprint density at radius 2 is 1.70 bits per heavy atom. The van der Waals surface area contributed by atoms with Gasteiger partial charge < -0.3 is 5.73 Å². The van der Waals surface area contributed by atoms with Crippen molar-refractivity contribution in [2.45, 2.75) is 4.90 Å². The maximum atomic E-state index is 11.3. The molecule has 0 spiro atoms. The largest absolute Gasteiger partial charge is 0.398 e. The van der Waals surface area contributed by atoms with Crippen molar-refractivity contribution in [3.8, 4) is 0 Å². The van der Waals surface area contributed by atoms with Crippen LogP contribution >= 0.6 is 0 Å². The number of rotatable bonds is 3. The molecule has 3 rings (SSSR count). The Balaban J connectivity index is 2.16. The van der Waals surface area contributed by atoms with Gasteiger partial charge in [-0.25, -0.2) is 0 Å². The van der Waals surface area contributed by atoms with E-state index in [1.807, 2.05) is 30.3 Å². The highest BCUT2D eigenvalue weighted by atomic mass is 32.2. The normalized spacial score (nSPS) is 12.0. The van der Waals surface area contributed by atoms with Crippen LogP contribution in [0.2, 0.25) is 0 Å². The van der Waals surface area contributed by atoms with Crippen LogP contribution in [0.1, 0.15) is 5.56 Å². The number of fused-ring (bicyclic) bond motifs is 1. The second-order valence-electron chi connectivity index (χ2n) is 5.03. The number of hydrogen-bond acceptors (Lipinski definition) is 4. The molecular weight excluding hydrogens is 312 g/mol. The number of nitrogens with two attached hydrogens (primary N) is 1. The number of aliphatic imine (C=N–C) groups is 1. The van der Waals surface area contributed by atoms with Crippen molar-refractivity contribution in [1.29, 1.82) is 0 Å². The third-order valence-corrected chi connectivity index (χ3v) is 4.30. The van der Waals surface area contributed by atoms with E-state index in [1.54, 1.807) is 24.4 Å². The Hall–Kier alpha value is -2.70. The molecule has 0 heterocycles. The van der Waals surface area contributed by atoms with Gasteiger partial charge in [-0.1, -0.05) is 36.4 Å². The summed E-state index contributed by atoms with van der Waals surface area (Å²) in [6.07, 6.45) is 1.69. The van der Waals surface area contributed by atoms with Gasteiger partial charge in [-0.3, -0.25) is 9.55 Å². The average Bonchev–Trinajstić information content (AvgIpc) is 2.54. The molecule has 5 nitrogen and oxygen atoms in total.